The maximum atomic E-state index is 10.9. The summed E-state index contributed by atoms with van der Waals surface area (Å²) in [5.41, 5.74) is 7.73. The zero-order valence-corrected chi connectivity index (χ0v) is 13.7. The summed E-state index contributed by atoms with van der Waals surface area (Å²) in [6.45, 7) is -0.00380. The van der Waals surface area contributed by atoms with Crippen molar-refractivity contribution in [3.05, 3.63) is 35.4 Å². The van der Waals surface area contributed by atoms with Crippen molar-refractivity contribution in [3.8, 4) is 12.0 Å². The van der Waals surface area contributed by atoms with Crippen molar-refractivity contribution in [2.24, 2.45) is 0 Å². The summed E-state index contributed by atoms with van der Waals surface area (Å²) in [4.78, 5) is 23.0. The third kappa shape index (κ3) is 3.64. The number of nitrogen functional groups attached to an aromatic ring is 1. The molecule has 1 aromatic carbocycles. The number of carbonyl (C=O) groups is 1. The van der Waals surface area contributed by atoms with Crippen LogP contribution in [-0.2, 0) is 17.8 Å². The van der Waals surface area contributed by atoms with E-state index < -0.39 is 5.97 Å². The number of carboxylic acid groups (broad SMARTS) is 1. The predicted octanol–water partition coefficient (Wildman–Crippen LogP) is 0.161. The van der Waals surface area contributed by atoms with E-state index in [0.29, 0.717) is 5.56 Å². The van der Waals surface area contributed by atoms with Crippen LogP contribution in [0.1, 0.15) is 11.1 Å². The summed E-state index contributed by atoms with van der Waals surface area (Å²) < 4.78 is 6.60. The fourth-order valence-corrected chi connectivity index (χ4v) is 2.53. The van der Waals surface area contributed by atoms with Gasteiger partial charge in [-0.2, -0.15) is 15.0 Å². The Morgan fingerprint density at radius 3 is 2.73 bits per heavy atom. The molecule has 5 N–H and O–H groups in total. The number of ether oxygens (including phenoxy) is 1. The van der Waals surface area contributed by atoms with Gasteiger partial charge in [-0.05, 0) is 11.1 Å². The standard InChI is InChI=1S/C16H17N5O5/c17-13-12-14(20-15(19-13)26-5-4-22)21(16(25)18-12)8-10-3-1-2-9(6-10)7-11(23)24/h1-3,6,22H,4-5,7-8H2,(H,18,25)(H,23,24)(H2,17,19,20). The number of aliphatic hydroxyl groups is 1. The molecule has 2 heterocycles. The van der Waals surface area contributed by atoms with Crippen LogP contribution < -0.4 is 10.5 Å². The van der Waals surface area contributed by atoms with Gasteiger partial charge in [-0.3, -0.25) is 9.36 Å². The monoisotopic (exact) mass is 359 g/mol. The number of nitrogens with two attached hydrogens (primary N) is 1. The van der Waals surface area contributed by atoms with Gasteiger partial charge in [-0.1, -0.05) is 24.3 Å². The maximum absolute atomic E-state index is 10.9. The molecule has 0 unspecified atom stereocenters. The molecule has 26 heavy (non-hydrogen) atoms. The van der Waals surface area contributed by atoms with Crippen LogP contribution in [0.3, 0.4) is 0 Å². The molecule has 0 aliphatic rings. The lowest BCUT2D eigenvalue weighted by Crippen LogP contribution is -2.08. The Morgan fingerprint density at radius 1 is 1.23 bits per heavy atom. The molecule has 0 radical (unpaired) electrons. The van der Waals surface area contributed by atoms with Gasteiger partial charge in [-0.15, -0.1) is 0 Å². The average Bonchev–Trinajstić information content (AvgIpc) is 2.89. The predicted molar refractivity (Wildman–Crippen MR) is 90.9 cm³/mol. The summed E-state index contributed by atoms with van der Waals surface area (Å²) in [7, 11) is 0. The molecule has 3 aromatic rings. The average molecular weight is 359 g/mol. The molecule has 0 atom stereocenters. The Balaban J connectivity index is 1.98. The van der Waals surface area contributed by atoms with E-state index in [9.17, 15) is 9.90 Å². The van der Waals surface area contributed by atoms with Crippen LogP contribution in [0, 0.1) is 0 Å². The van der Waals surface area contributed by atoms with Gasteiger partial charge >= 0.3 is 12.0 Å². The molecule has 0 aliphatic carbocycles. The van der Waals surface area contributed by atoms with Crippen molar-refractivity contribution in [1.82, 2.24) is 19.5 Å². The normalized spacial score (nSPS) is 11.0. The number of hydrogen-bond acceptors (Lipinski definition) is 8. The number of aromatic hydroxyl groups is 1. The van der Waals surface area contributed by atoms with Crippen molar-refractivity contribution in [2.75, 3.05) is 18.9 Å². The number of carboxylic acids is 1. The van der Waals surface area contributed by atoms with Crippen molar-refractivity contribution in [1.29, 1.82) is 0 Å². The third-order valence-corrected chi connectivity index (χ3v) is 3.59. The van der Waals surface area contributed by atoms with Gasteiger partial charge in [0.1, 0.15) is 6.61 Å². The zero-order chi connectivity index (χ0) is 18.7. The number of aromatic nitrogens is 4. The fourth-order valence-electron chi connectivity index (χ4n) is 2.53. The van der Waals surface area contributed by atoms with Gasteiger partial charge in [0.15, 0.2) is 17.0 Å². The molecule has 0 spiro atoms. The Labute approximate surface area is 147 Å². The lowest BCUT2D eigenvalue weighted by atomic mass is 10.1. The second kappa shape index (κ2) is 7.23. The molecule has 0 aliphatic heterocycles. The highest BCUT2D eigenvalue weighted by atomic mass is 16.5. The number of hydrogen-bond donors (Lipinski definition) is 4. The summed E-state index contributed by atoms with van der Waals surface area (Å²) in [6, 6.07) is 6.64. The quantitative estimate of drug-likeness (QED) is 0.461. The number of anilines is 1. The van der Waals surface area contributed by atoms with E-state index in [1.807, 2.05) is 0 Å². The van der Waals surface area contributed by atoms with Crippen LogP contribution in [0.15, 0.2) is 24.3 Å². The fraction of sp³-hybridized carbons (Fsp3) is 0.250. The first-order valence-corrected chi connectivity index (χ1v) is 7.74. The summed E-state index contributed by atoms with van der Waals surface area (Å²) in [6.07, 6.45) is -0.0984. The third-order valence-electron chi connectivity index (χ3n) is 3.59. The van der Waals surface area contributed by atoms with Gasteiger partial charge in [0.25, 0.3) is 6.01 Å². The molecule has 10 nitrogen and oxygen atoms in total. The highest BCUT2D eigenvalue weighted by molar-refractivity contribution is 5.83. The number of aliphatic carboxylic acids is 1. The minimum absolute atomic E-state index is 0.00228. The molecule has 0 fully saturated rings. The van der Waals surface area contributed by atoms with E-state index in [2.05, 4.69) is 15.0 Å². The van der Waals surface area contributed by atoms with E-state index in [-0.39, 0.29) is 55.2 Å². The number of rotatable bonds is 7. The first-order valence-electron chi connectivity index (χ1n) is 7.74. The highest BCUT2D eigenvalue weighted by Gasteiger charge is 2.17. The number of imidazole rings is 1. The van der Waals surface area contributed by atoms with Crippen LogP contribution in [0.4, 0.5) is 5.82 Å². The maximum Gasteiger partial charge on any atom is 0.320 e. The van der Waals surface area contributed by atoms with Crippen LogP contribution in [-0.4, -0.2) is 54.0 Å². The Hall–Kier alpha value is -3.40. The first kappa shape index (κ1) is 17.4. The van der Waals surface area contributed by atoms with Gasteiger partial charge in [0.2, 0.25) is 0 Å². The van der Waals surface area contributed by atoms with Crippen LogP contribution in [0.2, 0.25) is 0 Å². The van der Waals surface area contributed by atoms with Gasteiger partial charge in [0, 0.05) is 0 Å². The van der Waals surface area contributed by atoms with Crippen molar-refractivity contribution in [3.63, 3.8) is 0 Å². The summed E-state index contributed by atoms with van der Waals surface area (Å²) in [5.74, 6) is -0.888. The highest BCUT2D eigenvalue weighted by Crippen LogP contribution is 2.25. The van der Waals surface area contributed by atoms with Crippen molar-refractivity contribution < 1.29 is 24.9 Å². The van der Waals surface area contributed by atoms with E-state index >= 15 is 0 Å². The molecule has 2 aromatic heterocycles. The van der Waals surface area contributed by atoms with E-state index in [4.69, 9.17) is 20.7 Å². The Bertz CT molecular complexity index is 956. The second-order valence-electron chi connectivity index (χ2n) is 5.52. The second-order valence-corrected chi connectivity index (χ2v) is 5.52. The van der Waals surface area contributed by atoms with Gasteiger partial charge in [0.05, 0.1) is 19.6 Å². The first-order chi connectivity index (χ1) is 12.5. The number of aliphatic hydroxyl groups excluding tert-OH is 1. The smallest absolute Gasteiger partial charge is 0.320 e. The molecule has 0 saturated heterocycles. The zero-order valence-electron chi connectivity index (χ0n) is 13.7. The lowest BCUT2D eigenvalue weighted by molar-refractivity contribution is -0.136. The number of fused-ring (bicyclic) bond motifs is 1. The topological polar surface area (TPSA) is 157 Å². The van der Waals surface area contributed by atoms with Gasteiger partial charge < -0.3 is 25.8 Å². The SMILES string of the molecule is Nc1nc(OCCO)nc2c1nc(O)n2Cc1cccc(CC(=O)O)c1. The minimum atomic E-state index is -0.927. The van der Waals surface area contributed by atoms with E-state index in [1.165, 1.54) is 4.57 Å². The largest absolute Gasteiger partial charge is 0.481 e. The van der Waals surface area contributed by atoms with Crippen molar-refractivity contribution in [2.45, 2.75) is 13.0 Å². The summed E-state index contributed by atoms with van der Waals surface area (Å²) in [5, 5.41) is 27.9. The van der Waals surface area contributed by atoms with Crippen LogP contribution in [0.25, 0.3) is 11.2 Å². The number of nitrogens with zero attached hydrogens (tertiary/aromatic N) is 4. The molecular formula is C16H17N5O5. The molecule has 10 heteroatoms. The van der Waals surface area contributed by atoms with Crippen LogP contribution >= 0.6 is 0 Å². The van der Waals surface area contributed by atoms with E-state index in [0.717, 1.165) is 5.56 Å². The van der Waals surface area contributed by atoms with Crippen molar-refractivity contribution >= 4 is 23.0 Å². The van der Waals surface area contributed by atoms with Crippen LogP contribution in [0.5, 0.6) is 12.0 Å². The Morgan fingerprint density at radius 2 is 2.00 bits per heavy atom. The lowest BCUT2D eigenvalue weighted by Gasteiger charge is -2.08. The molecule has 0 bridgehead atoms. The molecule has 0 saturated carbocycles. The molecule has 0 amide bonds. The molecular weight excluding hydrogens is 342 g/mol. The minimum Gasteiger partial charge on any atom is -0.481 e. The molecule has 136 valence electrons. The summed E-state index contributed by atoms with van der Waals surface area (Å²) >= 11 is 0. The molecule has 3 rings (SSSR count). The number of benzene rings is 1. The van der Waals surface area contributed by atoms with E-state index in [1.54, 1.807) is 24.3 Å². The Kier molecular flexibility index (Phi) is 4.85. The van der Waals surface area contributed by atoms with Gasteiger partial charge in [-0.25, -0.2) is 0 Å².